The van der Waals surface area contributed by atoms with Gasteiger partial charge in [-0.2, -0.15) is 22.8 Å². The minimum atomic E-state index is -4.50. The lowest BCUT2D eigenvalue weighted by molar-refractivity contribution is -0.155. The molecule has 37 heavy (non-hydrogen) atoms. The number of hydrogen-bond donors (Lipinski definition) is 0. The summed E-state index contributed by atoms with van der Waals surface area (Å²) in [4.78, 5) is 20.2. The number of carbonyl (C=O) groups is 1. The van der Waals surface area contributed by atoms with Crippen molar-refractivity contribution in [1.82, 2.24) is 19.7 Å². The Balaban J connectivity index is 1.71. The summed E-state index contributed by atoms with van der Waals surface area (Å²) in [6.45, 7) is 4.32. The lowest BCUT2D eigenvalue weighted by Crippen LogP contribution is -2.32. The maximum atomic E-state index is 12.6. The zero-order valence-corrected chi connectivity index (χ0v) is 21.0. The van der Waals surface area contributed by atoms with Crippen LogP contribution in [0.15, 0.2) is 42.6 Å². The van der Waals surface area contributed by atoms with Crippen molar-refractivity contribution in [3.8, 4) is 34.4 Å². The molecule has 0 atom stereocenters. The quantitative estimate of drug-likeness (QED) is 0.245. The van der Waals surface area contributed by atoms with Gasteiger partial charge < -0.3 is 18.9 Å². The summed E-state index contributed by atoms with van der Waals surface area (Å²) in [7, 11) is 1.33. The van der Waals surface area contributed by atoms with Crippen LogP contribution in [0.5, 0.6) is 11.9 Å². The van der Waals surface area contributed by atoms with Gasteiger partial charge in [0.25, 0.3) is 0 Å². The van der Waals surface area contributed by atoms with Crippen LogP contribution in [0.2, 0.25) is 0 Å². The number of esters is 1. The minimum absolute atomic E-state index is 0.0803. The third-order valence-electron chi connectivity index (χ3n) is 5.10. The number of rotatable bonds is 12. The Kier molecular flexibility index (Phi) is 9.09. The van der Waals surface area contributed by atoms with E-state index in [1.54, 1.807) is 38.2 Å². The van der Waals surface area contributed by atoms with Gasteiger partial charge in [0.1, 0.15) is 13.3 Å². The second kappa shape index (κ2) is 12.0. The van der Waals surface area contributed by atoms with Gasteiger partial charge in [0, 0.05) is 30.0 Å². The number of pyridine rings is 1. The van der Waals surface area contributed by atoms with Crippen molar-refractivity contribution < 1.29 is 36.9 Å². The number of methoxy groups -OCH3 is 1. The van der Waals surface area contributed by atoms with Gasteiger partial charge in [0.2, 0.25) is 5.88 Å². The molecule has 1 aromatic carbocycles. The monoisotopic (exact) mass is 522 g/mol. The van der Waals surface area contributed by atoms with Crippen LogP contribution in [-0.2, 0) is 21.0 Å². The molecule has 12 heteroatoms. The molecule has 2 aromatic heterocycles. The molecule has 0 radical (unpaired) electrons. The molecule has 0 spiro atoms. The molecule has 0 N–H and O–H groups in total. The highest BCUT2D eigenvalue weighted by Gasteiger charge is 2.30. The Bertz CT molecular complexity index is 1160. The van der Waals surface area contributed by atoms with Gasteiger partial charge >= 0.3 is 18.2 Å². The highest BCUT2D eigenvalue weighted by atomic mass is 19.4. The zero-order chi connectivity index (χ0) is 27.1. The van der Waals surface area contributed by atoms with Gasteiger partial charge in [-0.3, -0.25) is 4.79 Å². The molecule has 0 aliphatic heterocycles. The molecule has 0 aliphatic carbocycles. The smallest absolute Gasteiger partial charge is 0.422 e. The zero-order valence-electron chi connectivity index (χ0n) is 21.0. The van der Waals surface area contributed by atoms with Crippen molar-refractivity contribution >= 4 is 5.97 Å². The Morgan fingerprint density at radius 3 is 2.24 bits per heavy atom. The first-order valence-electron chi connectivity index (χ1n) is 11.5. The van der Waals surface area contributed by atoms with Crippen molar-refractivity contribution in [1.29, 1.82) is 0 Å². The Hall–Kier alpha value is -3.67. The standard InChI is InChI=1S/C25H29F3N4O5/c1-5-12-35-16-32-23(37-15-25(26,27)28)30-21(31-32)18-8-6-17(7-9-18)19-10-11-20(29-13-19)36-14-24(2,3)22(33)34-4/h6-11,13H,5,12,14-16H2,1-4H3. The van der Waals surface area contributed by atoms with Crippen LogP contribution in [0, 0.1) is 5.41 Å². The number of ether oxygens (including phenoxy) is 4. The SMILES string of the molecule is CCCOCn1nc(-c2ccc(-c3ccc(OCC(C)(C)C(=O)OC)nc3)cc2)nc1OCC(F)(F)F. The van der Waals surface area contributed by atoms with E-state index in [4.69, 9.17) is 18.9 Å². The van der Waals surface area contributed by atoms with Crippen LogP contribution in [-0.4, -0.2) is 58.8 Å². The fourth-order valence-corrected chi connectivity index (χ4v) is 3.12. The number of hydrogen-bond acceptors (Lipinski definition) is 8. The van der Waals surface area contributed by atoms with Crippen molar-refractivity contribution in [3.63, 3.8) is 0 Å². The molecule has 0 fully saturated rings. The molecule has 200 valence electrons. The number of benzene rings is 1. The molecule has 0 saturated carbocycles. The van der Waals surface area contributed by atoms with E-state index in [-0.39, 0.29) is 31.1 Å². The summed E-state index contributed by atoms with van der Waals surface area (Å²) in [5.41, 5.74) is 1.43. The molecule has 0 amide bonds. The maximum Gasteiger partial charge on any atom is 0.422 e. The summed E-state index contributed by atoms with van der Waals surface area (Å²) < 4.78 is 59.7. The molecule has 0 saturated heterocycles. The topological polar surface area (TPSA) is 97.6 Å². The Morgan fingerprint density at radius 2 is 1.65 bits per heavy atom. The highest BCUT2D eigenvalue weighted by molar-refractivity contribution is 5.76. The second-order valence-corrected chi connectivity index (χ2v) is 8.79. The fraction of sp³-hybridized carbons (Fsp3) is 0.440. The van der Waals surface area contributed by atoms with E-state index in [2.05, 4.69) is 15.1 Å². The molecular weight excluding hydrogens is 493 g/mol. The van der Waals surface area contributed by atoms with Crippen LogP contribution in [0.1, 0.15) is 27.2 Å². The summed E-state index contributed by atoms with van der Waals surface area (Å²) in [6, 6.07) is 10.4. The molecule has 3 rings (SSSR count). The molecule has 0 unspecified atom stereocenters. The number of aromatic nitrogens is 4. The van der Waals surface area contributed by atoms with Gasteiger partial charge in [-0.1, -0.05) is 31.2 Å². The van der Waals surface area contributed by atoms with E-state index in [0.717, 1.165) is 22.2 Å². The summed E-state index contributed by atoms with van der Waals surface area (Å²) in [5.74, 6) is 0.193. The van der Waals surface area contributed by atoms with Gasteiger partial charge in [0.05, 0.1) is 12.5 Å². The largest absolute Gasteiger partial charge is 0.476 e. The molecule has 0 aliphatic rings. The van der Waals surface area contributed by atoms with E-state index < -0.39 is 18.2 Å². The average molecular weight is 523 g/mol. The Labute approximate surface area is 212 Å². The summed E-state index contributed by atoms with van der Waals surface area (Å²) in [6.07, 6.45) is -2.12. The van der Waals surface area contributed by atoms with Crippen molar-refractivity contribution in [2.75, 3.05) is 26.9 Å². The predicted molar refractivity (Wildman–Crippen MR) is 128 cm³/mol. The highest BCUT2D eigenvalue weighted by Crippen LogP contribution is 2.26. The van der Waals surface area contributed by atoms with E-state index in [0.29, 0.717) is 18.1 Å². The molecular formula is C25H29F3N4O5. The van der Waals surface area contributed by atoms with Crippen molar-refractivity contribution in [3.05, 3.63) is 42.6 Å². The minimum Gasteiger partial charge on any atom is -0.476 e. The predicted octanol–water partition coefficient (Wildman–Crippen LogP) is 4.91. The van der Waals surface area contributed by atoms with E-state index in [1.165, 1.54) is 7.11 Å². The van der Waals surface area contributed by atoms with Gasteiger partial charge in [-0.05, 0) is 31.9 Å². The maximum absolute atomic E-state index is 12.6. The third-order valence-corrected chi connectivity index (χ3v) is 5.10. The summed E-state index contributed by atoms with van der Waals surface area (Å²) in [5, 5.41) is 4.25. The van der Waals surface area contributed by atoms with Crippen LogP contribution in [0.25, 0.3) is 22.5 Å². The first-order chi connectivity index (χ1) is 17.5. The lowest BCUT2D eigenvalue weighted by Gasteiger charge is -2.21. The average Bonchev–Trinajstić information content (AvgIpc) is 3.29. The van der Waals surface area contributed by atoms with Crippen LogP contribution in [0.3, 0.4) is 0 Å². The number of carbonyl (C=O) groups excluding carboxylic acids is 1. The third kappa shape index (κ3) is 7.91. The van der Waals surface area contributed by atoms with Gasteiger partial charge in [0.15, 0.2) is 12.4 Å². The molecule has 2 heterocycles. The van der Waals surface area contributed by atoms with Crippen molar-refractivity contribution in [2.45, 2.75) is 40.1 Å². The van der Waals surface area contributed by atoms with Crippen molar-refractivity contribution in [2.24, 2.45) is 5.41 Å². The van der Waals surface area contributed by atoms with Gasteiger partial charge in [-0.25, -0.2) is 4.98 Å². The molecule has 9 nitrogen and oxygen atoms in total. The Morgan fingerprint density at radius 1 is 0.973 bits per heavy atom. The van der Waals surface area contributed by atoms with Crippen LogP contribution >= 0.6 is 0 Å². The van der Waals surface area contributed by atoms with Crippen LogP contribution in [0.4, 0.5) is 13.2 Å². The summed E-state index contributed by atoms with van der Waals surface area (Å²) >= 11 is 0. The first-order valence-corrected chi connectivity index (χ1v) is 11.5. The van der Waals surface area contributed by atoms with Crippen LogP contribution < -0.4 is 9.47 Å². The molecule has 0 bridgehead atoms. The first kappa shape index (κ1) is 27.9. The normalized spacial score (nSPS) is 11.9. The van der Waals surface area contributed by atoms with E-state index >= 15 is 0 Å². The lowest BCUT2D eigenvalue weighted by atomic mass is 9.95. The van der Waals surface area contributed by atoms with E-state index in [9.17, 15) is 18.0 Å². The second-order valence-electron chi connectivity index (χ2n) is 8.79. The molecule has 3 aromatic rings. The number of nitrogens with zero attached hydrogens (tertiary/aromatic N) is 4. The fourth-order valence-electron chi connectivity index (χ4n) is 3.12. The number of alkyl halides is 3. The van der Waals surface area contributed by atoms with Gasteiger partial charge in [-0.15, -0.1) is 5.10 Å². The van der Waals surface area contributed by atoms with E-state index in [1.807, 2.05) is 25.1 Å². The number of halogens is 3.